The molecule has 112 valence electrons. The van der Waals surface area contributed by atoms with E-state index in [0.717, 1.165) is 11.5 Å². The maximum absolute atomic E-state index is 5.83. The van der Waals surface area contributed by atoms with Crippen molar-refractivity contribution in [1.82, 2.24) is 0 Å². The fraction of sp³-hybridized carbons (Fsp3) is 0.750. The van der Waals surface area contributed by atoms with Crippen LogP contribution in [0.1, 0.15) is 41.5 Å². The van der Waals surface area contributed by atoms with E-state index in [1.165, 1.54) is 0 Å². The molecule has 4 nitrogen and oxygen atoms in total. The van der Waals surface area contributed by atoms with Crippen LogP contribution >= 0.6 is 0 Å². The molecule has 20 heavy (non-hydrogen) atoms. The first-order valence-electron chi connectivity index (χ1n) is 7.20. The fourth-order valence-corrected chi connectivity index (χ4v) is 2.22. The van der Waals surface area contributed by atoms with Crippen LogP contribution in [-0.4, -0.2) is 37.1 Å². The van der Waals surface area contributed by atoms with Crippen LogP contribution in [0.2, 0.25) is 0 Å². The Labute approximate surface area is 122 Å². The van der Waals surface area contributed by atoms with E-state index < -0.39 is 5.41 Å². The molecule has 0 unspecified atom stereocenters. The Hall–Kier alpha value is -1.32. The second-order valence-corrected chi connectivity index (χ2v) is 7.36. The maximum Gasteiger partial charge on any atom is 0.199 e. The van der Waals surface area contributed by atoms with Crippen LogP contribution in [0.5, 0.6) is 0 Å². The van der Waals surface area contributed by atoms with Crippen LogP contribution < -0.4 is 0 Å². The Bertz CT molecular complexity index is 469. The van der Waals surface area contributed by atoms with Crippen LogP contribution in [0, 0.1) is 10.8 Å². The average Bonchev–Trinajstić information content (AvgIpc) is 2.98. The number of ether oxygens (including phenoxy) is 2. The Morgan fingerprint density at radius 3 is 2.05 bits per heavy atom. The molecule has 0 aromatic rings. The number of hydrogen-bond acceptors (Lipinski definition) is 4. The van der Waals surface area contributed by atoms with Crippen molar-refractivity contribution in [2.75, 3.05) is 13.2 Å². The van der Waals surface area contributed by atoms with E-state index in [4.69, 9.17) is 14.5 Å². The van der Waals surface area contributed by atoms with Crippen LogP contribution in [0.25, 0.3) is 0 Å². The molecule has 2 heterocycles. The molecule has 0 aromatic carbocycles. The molecule has 4 heteroatoms. The van der Waals surface area contributed by atoms with Crippen molar-refractivity contribution in [3.8, 4) is 0 Å². The molecule has 0 saturated carbocycles. The van der Waals surface area contributed by atoms with Gasteiger partial charge in [-0.05, 0) is 26.2 Å². The van der Waals surface area contributed by atoms with Gasteiger partial charge in [-0.15, -0.1) is 0 Å². The highest BCUT2D eigenvalue weighted by atomic mass is 16.5. The van der Waals surface area contributed by atoms with E-state index >= 15 is 0 Å². The summed E-state index contributed by atoms with van der Waals surface area (Å²) in [7, 11) is 0. The molecule has 0 radical (unpaired) electrons. The number of hydrogen-bond donors (Lipinski definition) is 0. The van der Waals surface area contributed by atoms with Crippen molar-refractivity contribution in [2.45, 2.75) is 53.6 Å². The second kappa shape index (κ2) is 4.90. The van der Waals surface area contributed by atoms with Crippen molar-refractivity contribution < 1.29 is 9.47 Å². The number of aliphatic imine (C=N–C) groups is 2. The molecule has 0 bridgehead atoms. The Balaban J connectivity index is 2.20. The molecule has 0 fully saturated rings. The third kappa shape index (κ3) is 2.74. The lowest BCUT2D eigenvalue weighted by Crippen LogP contribution is -2.34. The first kappa shape index (κ1) is 15.1. The molecule has 0 aliphatic carbocycles. The SMILES string of the molecule is C=C(C)[C@@H]1COC(C(C)(C)C2=N[C@H](C(C)(C)C)CO2)=N1. The van der Waals surface area contributed by atoms with Gasteiger partial charge in [-0.25, -0.2) is 9.98 Å². The van der Waals surface area contributed by atoms with E-state index in [0.29, 0.717) is 19.1 Å². The Morgan fingerprint density at radius 2 is 1.60 bits per heavy atom. The van der Waals surface area contributed by atoms with Gasteiger partial charge >= 0.3 is 0 Å². The van der Waals surface area contributed by atoms with Crippen LogP contribution in [0.4, 0.5) is 0 Å². The van der Waals surface area contributed by atoms with E-state index in [2.05, 4.69) is 46.2 Å². The summed E-state index contributed by atoms with van der Waals surface area (Å²) < 4.78 is 11.6. The molecule has 0 saturated heterocycles. The molecule has 0 N–H and O–H groups in total. The van der Waals surface area contributed by atoms with Crippen molar-refractivity contribution in [1.29, 1.82) is 0 Å². The third-order valence-electron chi connectivity index (χ3n) is 3.94. The van der Waals surface area contributed by atoms with Gasteiger partial charge in [0.25, 0.3) is 0 Å². The topological polar surface area (TPSA) is 43.2 Å². The molecule has 0 amide bonds. The van der Waals surface area contributed by atoms with Crippen LogP contribution in [0.15, 0.2) is 22.1 Å². The van der Waals surface area contributed by atoms with Gasteiger partial charge in [-0.2, -0.15) is 0 Å². The van der Waals surface area contributed by atoms with E-state index in [-0.39, 0.29) is 17.5 Å². The fourth-order valence-electron chi connectivity index (χ4n) is 2.22. The molecule has 0 aromatic heterocycles. The summed E-state index contributed by atoms with van der Waals surface area (Å²) in [6.07, 6.45) is 0. The number of rotatable bonds is 3. The summed E-state index contributed by atoms with van der Waals surface area (Å²) in [4.78, 5) is 9.38. The highest BCUT2D eigenvalue weighted by Crippen LogP contribution is 2.33. The molecule has 2 rings (SSSR count). The zero-order chi connectivity index (χ0) is 15.1. The number of nitrogens with zero attached hydrogens (tertiary/aromatic N) is 2. The summed E-state index contributed by atoms with van der Waals surface area (Å²) in [5.74, 6) is 1.44. The van der Waals surface area contributed by atoms with Gasteiger partial charge in [0.15, 0.2) is 11.8 Å². The van der Waals surface area contributed by atoms with Crippen molar-refractivity contribution >= 4 is 11.8 Å². The first-order chi connectivity index (χ1) is 9.12. The molecule has 0 spiro atoms. The monoisotopic (exact) mass is 278 g/mol. The molecule has 2 aliphatic heterocycles. The first-order valence-corrected chi connectivity index (χ1v) is 7.20. The van der Waals surface area contributed by atoms with Gasteiger partial charge in [-0.3, -0.25) is 0 Å². The largest absolute Gasteiger partial charge is 0.478 e. The van der Waals surface area contributed by atoms with Crippen molar-refractivity contribution in [3.05, 3.63) is 12.2 Å². The summed E-state index contributed by atoms with van der Waals surface area (Å²) >= 11 is 0. The summed E-state index contributed by atoms with van der Waals surface area (Å²) in [5.41, 5.74) is 0.721. The highest BCUT2D eigenvalue weighted by Gasteiger charge is 2.43. The average molecular weight is 278 g/mol. The molecular weight excluding hydrogens is 252 g/mol. The Morgan fingerprint density at radius 1 is 1.05 bits per heavy atom. The maximum atomic E-state index is 5.83. The smallest absolute Gasteiger partial charge is 0.199 e. The molecular formula is C16H26N2O2. The lowest BCUT2D eigenvalue weighted by Gasteiger charge is -2.23. The van der Waals surface area contributed by atoms with Crippen molar-refractivity contribution in [3.63, 3.8) is 0 Å². The van der Waals surface area contributed by atoms with E-state index in [1.54, 1.807) is 0 Å². The Kier molecular flexibility index (Phi) is 3.69. The molecule has 2 aliphatic rings. The summed E-state index contributed by atoms with van der Waals surface area (Å²) in [6, 6.07) is 0.250. The predicted molar refractivity (Wildman–Crippen MR) is 82.4 cm³/mol. The lowest BCUT2D eigenvalue weighted by molar-refractivity contribution is 0.222. The highest BCUT2D eigenvalue weighted by molar-refractivity contribution is 6.05. The zero-order valence-electron chi connectivity index (χ0n) is 13.5. The standard InChI is InChI=1S/C16H26N2O2/c1-10(2)11-8-19-13(17-11)16(6,7)14-18-12(9-20-14)15(3,4)5/h11-12H,1,8-9H2,2-7H3/t11-,12-/m0/s1. The van der Waals surface area contributed by atoms with Gasteiger partial charge in [0.1, 0.15) is 24.7 Å². The van der Waals surface area contributed by atoms with Gasteiger partial charge in [0, 0.05) is 0 Å². The predicted octanol–water partition coefficient (Wildman–Crippen LogP) is 3.23. The van der Waals surface area contributed by atoms with E-state index in [9.17, 15) is 0 Å². The third-order valence-corrected chi connectivity index (χ3v) is 3.94. The minimum atomic E-state index is -0.412. The second-order valence-electron chi connectivity index (χ2n) is 7.36. The zero-order valence-corrected chi connectivity index (χ0v) is 13.5. The van der Waals surface area contributed by atoms with Gasteiger partial charge in [0.2, 0.25) is 0 Å². The van der Waals surface area contributed by atoms with Crippen LogP contribution in [0.3, 0.4) is 0 Å². The minimum Gasteiger partial charge on any atom is -0.478 e. The lowest BCUT2D eigenvalue weighted by atomic mass is 9.88. The summed E-state index contributed by atoms with van der Waals surface area (Å²) in [6.45, 7) is 17.8. The van der Waals surface area contributed by atoms with Crippen molar-refractivity contribution in [2.24, 2.45) is 20.8 Å². The quantitative estimate of drug-likeness (QED) is 0.744. The van der Waals surface area contributed by atoms with Gasteiger partial charge in [0.05, 0.1) is 6.04 Å². The van der Waals surface area contributed by atoms with E-state index in [1.807, 2.05) is 6.92 Å². The normalized spacial score (nSPS) is 26.7. The van der Waals surface area contributed by atoms with Gasteiger partial charge in [-0.1, -0.05) is 32.9 Å². The van der Waals surface area contributed by atoms with Crippen LogP contribution in [-0.2, 0) is 9.47 Å². The summed E-state index contributed by atoms with van der Waals surface area (Å²) in [5, 5.41) is 0. The minimum absolute atomic E-state index is 0.0599. The molecule has 2 atom stereocenters. The van der Waals surface area contributed by atoms with Gasteiger partial charge < -0.3 is 9.47 Å².